The fraction of sp³-hybridized carbons (Fsp3) is 0.750. The summed E-state index contributed by atoms with van der Waals surface area (Å²) in [6, 6.07) is -0.716. The predicted octanol–water partition coefficient (Wildman–Crippen LogP) is -1.28. The summed E-state index contributed by atoms with van der Waals surface area (Å²) in [6.45, 7) is 1.11. The van der Waals surface area contributed by atoms with Gasteiger partial charge >= 0.3 is 11.9 Å². The van der Waals surface area contributed by atoms with Gasteiger partial charge in [0.25, 0.3) is 0 Å². The molecule has 15 N–H and O–H groups in total. The summed E-state index contributed by atoms with van der Waals surface area (Å²) < 4.78 is 0. The molecule has 14 heteroatoms. The van der Waals surface area contributed by atoms with Crippen LogP contribution in [0.5, 0.6) is 0 Å². The van der Waals surface area contributed by atoms with Crippen LogP contribution >= 0.6 is 0 Å². The summed E-state index contributed by atoms with van der Waals surface area (Å²) in [5.41, 5.74) is 15.6. The van der Waals surface area contributed by atoms with Gasteiger partial charge in [-0.05, 0) is 38.8 Å². The van der Waals surface area contributed by atoms with Crippen LogP contribution in [0.1, 0.15) is 38.5 Å². The number of carboxylic acid groups (broad SMARTS) is 2. The predicted molar refractivity (Wildman–Crippen MR) is 94.7 cm³/mol. The summed E-state index contributed by atoms with van der Waals surface area (Å²) in [4.78, 5) is 44.4. The lowest BCUT2D eigenvalue weighted by Crippen LogP contribution is -2.29. The number of Topliss-reactive ketones (excluding diaryl/α,β-unsaturated/α-hetero) is 1. The smallest absolute Gasteiger partial charge is 0.372 e. The molecule has 1 atom stereocenters. The highest BCUT2D eigenvalue weighted by Crippen LogP contribution is 1.97. The molecule has 0 aromatic carbocycles. The minimum Gasteiger partial charge on any atom is -0.480 e. The Kier molecular flexibility index (Phi) is 51.6. The van der Waals surface area contributed by atoms with Gasteiger partial charge in [-0.3, -0.25) is 20.1 Å². The molecule has 0 unspecified atom stereocenters. The van der Waals surface area contributed by atoms with Crippen LogP contribution in [-0.4, -0.2) is 63.1 Å². The van der Waals surface area contributed by atoms with E-state index < -0.39 is 23.8 Å². The lowest BCUT2D eigenvalue weighted by Gasteiger charge is -2.03. The molecule has 0 fully saturated rings. The summed E-state index contributed by atoms with van der Waals surface area (Å²) >= 11 is 0. The fourth-order valence-corrected chi connectivity index (χ4v) is 1.17. The van der Waals surface area contributed by atoms with E-state index in [1.165, 1.54) is 0 Å². The first kappa shape index (κ1) is 39.1. The molecule has 0 saturated heterocycles. The molecule has 0 rings (SSSR count). The Hall–Kier alpha value is -2.07. The molecule has 0 spiro atoms. The van der Waals surface area contributed by atoms with E-state index in [-0.39, 0.29) is 18.0 Å². The Labute approximate surface area is 150 Å². The first-order chi connectivity index (χ1) is 11.4. The van der Waals surface area contributed by atoms with E-state index in [4.69, 9.17) is 47.9 Å². The van der Waals surface area contributed by atoms with Gasteiger partial charge in [-0.1, -0.05) is 6.42 Å². The van der Waals surface area contributed by atoms with Gasteiger partial charge in [0.05, 0.1) is 0 Å². The van der Waals surface area contributed by atoms with Gasteiger partial charge < -0.3 is 39.0 Å². The molecule has 0 aliphatic rings. The molecular formula is C12H32N4O10. The molecule has 26 heavy (non-hydrogen) atoms. The molecule has 0 aliphatic heterocycles. The highest BCUT2D eigenvalue weighted by molar-refractivity contribution is 6.32. The quantitative estimate of drug-likeness (QED) is 0.0929. The Morgan fingerprint density at radius 3 is 1.54 bits per heavy atom. The monoisotopic (exact) mass is 392 g/mol. The number of carbonyl (C=O) groups is 3. The van der Waals surface area contributed by atoms with Gasteiger partial charge in [-0.2, -0.15) is 0 Å². The molecule has 0 aromatic heterocycles. The zero-order valence-corrected chi connectivity index (χ0v) is 14.5. The van der Waals surface area contributed by atoms with E-state index in [0.29, 0.717) is 32.4 Å². The van der Waals surface area contributed by atoms with Crippen molar-refractivity contribution in [3.05, 3.63) is 9.93 Å². The molecular weight excluding hydrogens is 360 g/mol. The summed E-state index contributed by atoms with van der Waals surface area (Å²) in [5, 5.41) is 28.4. The van der Waals surface area contributed by atoms with Crippen LogP contribution in [-0.2, 0) is 14.4 Å². The maximum Gasteiger partial charge on any atom is 0.372 e. The van der Waals surface area contributed by atoms with Crippen molar-refractivity contribution in [2.24, 2.45) is 17.2 Å². The number of ketones is 1. The van der Waals surface area contributed by atoms with Crippen LogP contribution in [0.2, 0.25) is 0 Å². The number of rotatable bonds is 10. The Morgan fingerprint density at radius 2 is 1.23 bits per heavy atom. The second kappa shape index (κ2) is 34.3. The Bertz CT molecular complexity index is 320. The van der Waals surface area contributed by atoms with Crippen LogP contribution in [0.3, 0.4) is 0 Å². The van der Waals surface area contributed by atoms with Crippen LogP contribution in [0.4, 0.5) is 0 Å². The summed E-state index contributed by atoms with van der Waals surface area (Å²) in [6.07, 6.45) is 3.55. The molecule has 14 nitrogen and oxygen atoms in total. The number of nitrogens with two attached hydrogens (primary N) is 3. The van der Waals surface area contributed by atoms with Crippen LogP contribution in [0.15, 0.2) is 0 Å². The van der Waals surface area contributed by atoms with Crippen LogP contribution < -0.4 is 23.4 Å². The summed E-state index contributed by atoms with van der Waals surface area (Å²) in [5.74, 6) is -3.01. The lowest BCUT2D eigenvalue weighted by atomic mass is 10.1. The number of hydrogen-bond donors (Lipinski definition) is 8. The number of aliphatic carboxylic acids is 2. The maximum atomic E-state index is 10.4. The largest absolute Gasteiger partial charge is 0.480 e. The molecule has 0 amide bonds. The van der Waals surface area contributed by atoms with Crippen molar-refractivity contribution in [3.8, 4) is 0 Å². The molecule has 0 radical (unpaired) electrons. The Morgan fingerprint density at radius 1 is 0.846 bits per heavy atom. The molecule has 0 bridgehead atoms. The first-order valence-corrected chi connectivity index (χ1v) is 6.88. The van der Waals surface area contributed by atoms with Gasteiger partial charge in [-0.25, -0.2) is 4.79 Å². The molecule has 0 aromatic rings. The first-order valence-electron chi connectivity index (χ1n) is 6.88. The van der Waals surface area contributed by atoms with E-state index in [9.17, 15) is 14.4 Å². The van der Waals surface area contributed by atoms with E-state index >= 15 is 0 Å². The van der Waals surface area contributed by atoms with E-state index in [1.54, 1.807) is 0 Å². The van der Waals surface area contributed by atoms with Crippen LogP contribution in [0, 0.1) is 9.93 Å². The van der Waals surface area contributed by atoms with Crippen molar-refractivity contribution in [3.63, 3.8) is 0 Å². The topological polar surface area (TPSA) is 311 Å². The maximum absolute atomic E-state index is 10.4. The van der Waals surface area contributed by atoms with Crippen molar-refractivity contribution >= 4 is 17.7 Å². The highest BCUT2D eigenvalue weighted by Gasteiger charge is 2.09. The van der Waals surface area contributed by atoms with Crippen molar-refractivity contribution in [2.75, 3.05) is 13.1 Å². The normalized spacial score (nSPS) is 8.96. The van der Waals surface area contributed by atoms with Gasteiger partial charge in [0, 0.05) is 16.4 Å². The Balaban J connectivity index is -0.0000000604. The number of unbranched alkanes of at least 4 members (excludes halogenated alkanes) is 2. The van der Waals surface area contributed by atoms with E-state index in [2.05, 4.69) is 0 Å². The number of carbonyl (C=O) groups excluding carboxylic acids is 1. The zero-order valence-electron chi connectivity index (χ0n) is 14.5. The lowest BCUT2D eigenvalue weighted by molar-refractivity contribution is -0.176. The third-order valence-corrected chi connectivity index (χ3v) is 2.38. The van der Waals surface area contributed by atoms with E-state index in [0.717, 1.165) is 12.8 Å². The third kappa shape index (κ3) is 37.9. The van der Waals surface area contributed by atoms with Gasteiger partial charge in [-0.15, -0.1) is 0 Å². The van der Waals surface area contributed by atoms with Crippen molar-refractivity contribution in [1.29, 1.82) is 0 Å². The standard InChI is InChI=1S/C6H14N2O2.C6H11NO3.H3N.H2O2.O2.H2O/c2*7-4-2-1-3-5(8)6(9)10;;2*1-2;/h5H,1-4,7-8H2,(H,9,10);1-4,7H2,(H,9,10);1H3;1-2H;;1H2/t5-;;;;;/m0...../s1. The van der Waals surface area contributed by atoms with Crippen molar-refractivity contribution in [1.82, 2.24) is 6.15 Å². The molecule has 0 saturated carbocycles. The molecule has 0 heterocycles. The second-order valence-corrected chi connectivity index (χ2v) is 4.20. The molecule has 160 valence electrons. The number of hydrogen-bond acceptors (Lipinski definition) is 11. The van der Waals surface area contributed by atoms with E-state index in [1.807, 2.05) is 0 Å². The summed E-state index contributed by atoms with van der Waals surface area (Å²) in [7, 11) is 0. The third-order valence-electron chi connectivity index (χ3n) is 2.38. The number of carboxylic acids is 2. The van der Waals surface area contributed by atoms with Crippen molar-refractivity contribution < 1.29 is 40.6 Å². The fourth-order valence-electron chi connectivity index (χ4n) is 1.17. The second-order valence-electron chi connectivity index (χ2n) is 4.20. The minimum atomic E-state index is -1.35. The van der Waals surface area contributed by atoms with Crippen LogP contribution in [0.25, 0.3) is 0 Å². The van der Waals surface area contributed by atoms with Gasteiger partial charge in [0.2, 0.25) is 5.78 Å². The average molecular weight is 392 g/mol. The van der Waals surface area contributed by atoms with Crippen molar-refractivity contribution in [2.45, 2.75) is 44.6 Å². The van der Waals surface area contributed by atoms with Gasteiger partial charge in [0.1, 0.15) is 6.04 Å². The van der Waals surface area contributed by atoms with Gasteiger partial charge in [0.15, 0.2) is 0 Å². The highest BCUT2D eigenvalue weighted by atomic mass is 17.0. The molecule has 0 aliphatic carbocycles. The SMILES string of the molecule is N.NCCCCC(=O)C(=O)O.NCCCC[C@H](N)C(=O)O.O.O=O.OO. The average Bonchev–Trinajstić information content (AvgIpc) is 2.59. The zero-order chi connectivity index (χ0) is 20.0. The minimum absolute atomic E-state index is 0.